The zero-order valence-corrected chi connectivity index (χ0v) is 8.91. The molecule has 0 radical (unpaired) electrons. The van der Waals surface area contributed by atoms with E-state index < -0.39 is 28.2 Å². The summed E-state index contributed by atoms with van der Waals surface area (Å²) in [6, 6.07) is 0.804. The van der Waals surface area contributed by atoms with Crippen molar-refractivity contribution in [2.45, 2.75) is 6.04 Å². The number of benzene rings is 1. The lowest BCUT2D eigenvalue weighted by Crippen LogP contribution is -2.08. The fourth-order valence-electron chi connectivity index (χ4n) is 1.09. The van der Waals surface area contributed by atoms with Crippen molar-refractivity contribution in [1.29, 1.82) is 0 Å². The number of phenols is 1. The fourth-order valence-corrected chi connectivity index (χ4v) is 1.09. The predicted molar refractivity (Wildman–Crippen MR) is 59.1 cm³/mol. The first-order chi connectivity index (χ1) is 6.97. The van der Waals surface area contributed by atoms with Gasteiger partial charge in [-0.05, 0) is 0 Å². The molecule has 1 rings (SSSR count). The second-order valence-electron chi connectivity index (χ2n) is 2.88. The molecule has 0 aliphatic carbocycles. The highest BCUT2D eigenvalue weighted by Gasteiger charge is 2.18. The van der Waals surface area contributed by atoms with Gasteiger partial charge in [0.05, 0.1) is 17.0 Å². The van der Waals surface area contributed by atoms with Crippen molar-refractivity contribution in [3.05, 3.63) is 46.3 Å². The molecule has 0 heterocycles. The Morgan fingerprint density at radius 2 is 2.19 bits per heavy atom. The van der Waals surface area contributed by atoms with Crippen molar-refractivity contribution in [3.63, 3.8) is 0 Å². The number of nitrogens with two attached hydrogens (primary N) is 1. The van der Waals surface area contributed by atoms with Crippen LogP contribution in [0.5, 0.6) is 5.75 Å². The average molecular weight is 249 g/mol. The largest absolute Gasteiger partial charge is 0.505 e. The molecule has 0 unspecified atom stereocenters. The summed E-state index contributed by atoms with van der Waals surface area (Å²) >= 11 is 0. The minimum absolute atomic E-state index is 0. The van der Waals surface area contributed by atoms with E-state index in [4.69, 9.17) is 5.73 Å². The van der Waals surface area contributed by atoms with Crippen molar-refractivity contribution in [3.8, 4) is 5.75 Å². The van der Waals surface area contributed by atoms with E-state index in [1.54, 1.807) is 0 Å². The van der Waals surface area contributed by atoms with Crippen LogP contribution < -0.4 is 5.73 Å². The van der Waals surface area contributed by atoms with Crippen LogP contribution in [0.2, 0.25) is 0 Å². The Balaban J connectivity index is 0.00000225. The molecular formula is C9H10ClFN2O3. The van der Waals surface area contributed by atoms with E-state index in [0.717, 1.165) is 6.07 Å². The van der Waals surface area contributed by atoms with Crippen LogP contribution in [0, 0.1) is 15.9 Å². The molecule has 1 aromatic carbocycles. The van der Waals surface area contributed by atoms with Crippen molar-refractivity contribution in [1.82, 2.24) is 0 Å². The van der Waals surface area contributed by atoms with Crippen molar-refractivity contribution in [2.24, 2.45) is 5.73 Å². The second-order valence-corrected chi connectivity index (χ2v) is 2.88. The molecule has 3 N–H and O–H groups in total. The molecule has 1 atom stereocenters. The molecule has 0 saturated heterocycles. The molecular weight excluding hydrogens is 239 g/mol. The monoisotopic (exact) mass is 248 g/mol. The molecule has 0 bridgehead atoms. The summed E-state index contributed by atoms with van der Waals surface area (Å²) in [6.45, 7) is 3.35. The molecule has 0 spiro atoms. The lowest BCUT2D eigenvalue weighted by Gasteiger charge is -2.09. The Kier molecular flexibility index (Phi) is 4.87. The number of hydrogen-bond donors (Lipinski definition) is 2. The van der Waals surface area contributed by atoms with Crippen LogP contribution in [0.4, 0.5) is 10.1 Å². The third kappa shape index (κ3) is 2.68. The third-order valence-corrected chi connectivity index (χ3v) is 1.90. The van der Waals surface area contributed by atoms with E-state index in [2.05, 4.69) is 6.58 Å². The lowest BCUT2D eigenvalue weighted by atomic mass is 10.1. The van der Waals surface area contributed by atoms with Gasteiger partial charge in [-0.3, -0.25) is 10.1 Å². The Hall–Kier alpha value is -1.66. The Bertz CT molecular complexity index is 425. The van der Waals surface area contributed by atoms with Gasteiger partial charge in [0.25, 0.3) is 5.69 Å². The summed E-state index contributed by atoms with van der Waals surface area (Å²) in [5.74, 6) is -1.76. The molecule has 0 saturated carbocycles. The molecule has 0 amide bonds. The quantitative estimate of drug-likeness (QED) is 0.487. The highest BCUT2D eigenvalue weighted by Crippen LogP contribution is 2.30. The molecule has 0 fully saturated rings. The van der Waals surface area contributed by atoms with Gasteiger partial charge < -0.3 is 10.8 Å². The first-order valence-corrected chi connectivity index (χ1v) is 4.02. The van der Waals surface area contributed by atoms with E-state index in [-0.39, 0.29) is 18.0 Å². The molecule has 0 aromatic heterocycles. The summed E-state index contributed by atoms with van der Waals surface area (Å²) in [5.41, 5.74) is 4.95. The maximum atomic E-state index is 13.1. The van der Waals surface area contributed by atoms with Gasteiger partial charge in [0.1, 0.15) is 0 Å². The lowest BCUT2D eigenvalue weighted by molar-refractivity contribution is -0.385. The minimum Gasteiger partial charge on any atom is -0.505 e. The van der Waals surface area contributed by atoms with Gasteiger partial charge in [-0.1, -0.05) is 6.08 Å². The number of aromatic hydroxyl groups is 1. The molecule has 5 nitrogen and oxygen atoms in total. The maximum absolute atomic E-state index is 13.1. The Morgan fingerprint density at radius 3 is 2.62 bits per heavy atom. The van der Waals surface area contributed by atoms with Gasteiger partial charge in [-0.2, -0.15) is 0 Å². The normalized spacial score (nSPS) is 11.4. The van der Waals surface area contributed by atoms with E-state index in [0.29, 0.717) is 6.07 Å². The fraction of sp³-hybridized carbons (Fsp3) is 0.111. The number of hydrogen-bond acceptors (Lipinski definition) is 4. The first-order valence-electron chi connectivity index (χ1n) is 4.02. The zero-order chi connectivity index (χ0) is 11.6. The van der Waals surface area contributed by atoms with E-state index in [1.807, 2.05) is 0 Å². The molecule has 0 aliphatic heterocycles. The maximum Gasteiger partial charge on any atom is 0.272 e. The van der Waals surface area contributed by atoms with Crippen LogP contribution >= 0.6 is 12.4 Å². The number of nitro groups is 1. The molecule has 7 heteroatoms. The van der Waals surface area contributed by atoms with Gasteiger partial charge in [0.2, 0.25) is 0 Å². The summed E-state index contributed by atoms with van der Waals surface area (Å²) in [4.78, 5) is 9.66. The van der Waals surface area contributed by atoms with E-state index in [9.17, 15) is 19.6 Å². The van der Waals surface area contributed by atoms with E-state index in [1.165, 1.54) is 6.08 Å². The Labute approximate surface area is 96.9 Å². The molecule has 0 aliphatic rings. The van der Waals surface area contributed by atoms with Crippen LogP contribution in [-0.4, -0.2) is 10.0 Å². The van der Waals surface area contributed by atoms with Crippen LogP contribution in [0.3, 0.4) is 0 Å². The van der Waals surface area contributed by atoms with Gasteiger partial charge in [-0.15, -0.1) is 19.0 Å². The van der Waals surface area contributed by atoms with Gasteiger partial charge in [0.15, 0.2) is 11.6 Å². The second kappa shape index (κ2) is 5.43. The number of non-ortho nitro benzene ring substituents is 1. The molecule has 1 aromatic rings. The van der Waals surface area contributed by atoms with Crippen LogP contribution in [0.1, 0.15) is 11.6 Å². The van der Waals surface area contributed by atoms with Crippen molar-refractivity contribution < 1.29 is 14.4 Å². The van der Waals surface area contributed by atoms with Crippen LogP contribution in [0.15, 0.2) is 24.8 Å². The number of rotatable bonds is 3. The van der Waals surface area contributed by atoms with E-state index >= 15 is 0 Å². The average Bonchev–Trinajstić information content (AvgIpc) is 2.20. The van der Waals surface area contributed by atoms with Crippen molar-refractivity contribution >= 4 is 18.1 Å². The van der Waals surface area contributed by atoms with Crippen LogP contribution in [0.25, 0.3) is 0 Å². The third-order valence-electron chi connectivity index (χ3n) is 1.90. The summed E-state index contributed by atoms with van der Waals surface area (Å²) < 4.78 is 13.1. The number of nitro benzene ring substituents is 1. The number of phenolic OH excluding ortho intramolecular Hbond substituents is 1. The Morgan fingerprint density at radius 1 is 1.62 bits per heavy atom. The molecule has 88 valence electrons. The van der Waals surface area contributed by atoms with Gasteiger partial charge in [0, 0.05) is 11.6 Å². The SMILES string of the molecule is C=C[C@H](N)c1cc([N+](=O)[O-])cc(F)c1O.Cl. The highest BCUT2D eigenvalue weighted by atomic mass is 35.5. The summed E-state index contributed by atoms with van der Waals surface area (Å²) in [5, 5.41) is 19.7. The van der Waals surface area contributed by atoms with Gasteiger partial charge in [-0.25, -0.2) is 4.39 Å². The van der Waals surface area contributed by atoms with Crippen molar-refractivity contribution in [2.75, 3.05) is 0 Å². The summed E-state index contributed by atoms with van der Waals surface area (Å²) in [7, 11) is 0. The first kappa shape index (κ1) is 14.3. The van der Waals surface area contributed by atoms with Crippen LogP contribution in [-0.2, 0) is 0 Å². The standard InChI is InChI=1S/C9H9FN2O3.ClH/c1-2-8(11)6-3-5(12(14)15)4-7(10)9(6)13;/h2-4,8,13H,1,11H2;1H/t8-;/m0./s1. The topological polar surface area (TPSA) is 89.4 Å². The number of halogens is 2. The minimum atomic E-state index is -1.07. The summed E-state index contributed by atoms with van der Waals surface area (Å²) in [6.07, 6.45) is 1.25. The molecule has 16 heavy (non-hydrogen) atoms. The zero-order valence-electron chi connectivity index (χ0n) is 8.09. The smallest absolute Gasteiger partial charge is 0.272 e. The van der Waals surface area contributed by atoms with Gasteiger partial charge >= 0.3 is 0 Å². The number of nitrogens with zero attached hydrogens (tertiary/aromatic N) is 1. The highest BCUT2D eigenvalue weighted by molar-refractivity contribution is 5.85. The predicted octanol–water partition coefficient (Wildman–Crippen LogP) is 2.05.